The zero-order valence-electron chi connectivity index (χ0n) is 8.95. The lowest BCUT2D eigenvalue weighted by atomic mass is 10.3. The van der Waals surface area contributed by atoms with Crippen LogP contribution in [0.5, 0.6) is 0 Å². The van der Waals surface area contributed by atoms with Gasteiger partial charge in [0, 0.05) is 30.3 Å². The molecule has 1 rings (SSSR count). The summed E-state index contributed by atoms with van der Waals surface area (Å²) in [5.74, 6) is 1.76. The Morgan fingerprint density at radius 1 is 1.36 bits per heavy atom. The van der Waals surface area contributed by atoms with E-state index in [1.54, 1.807) is 11.8 Å². The fraction of sp³-hybridized carbons (Fsp3) is 0.600. The van der Waals surface area contributed by atoms with Crippen LogP contribution < -0.4 is 5.32 Å². The standard InChI is InChI=1S/C10H17N3S/c1-8(2)7-14-10-12-5-9(4-11-3)6-13-10/h5-6,8,11H,4,7H2,1-3H3. The SMILES string of the molecule is CNCc1cnc(SCC(C)C)nc1. The van der Waals surface area contributed by atoms with E-state index in [4.69, 9.17) is 0 Å². The van der Waals surface area contributed by atoms with E-state index in [2.05, 4.69) is 29.1 Å². The smallest absolute Gasteiger partial charge is 0.187 e. The van der Waals surface area contributed by atoms with Crippen molar-refractivity contribution in [2.24, 2.45) is 5.92 Å². The van der Waals surface area contributed by atoms with Gasteiger partial charge in [-0.15, -0.1) is 0 Å². The van der Waals surface area contributed by atoms with Crippen LogP contribution in [0.25, 0.3) is 0 Å². The second-order valence-electron chi connectivity index (χ2n) is 3.61. The highest BCUT2D eigenvalue weighted by Gasteiger charge is 2.00. The fourth-order valence-electron chi connectivity index (χ4n) is 0.954. The van der Waals surface area contributed by atoms with Crippen molar-refractivity contribution >= 4 is 11.8 Å². The summed E-state index contributed by atoms with van der Waals surface area (Å²) in [6.45, 7) is 5.22. The van der Waals surface area contributed by atoms with Gasteiger partial charge in [0.15, 0.2) is 5.16 Å². The Balaban J connectivity index is 2.46. The molecule has 0 bridgehead atoms. The molecule has 0 saturated carbocycles. The van der Waals surface area contributed by atoms with E-state index in [1.165, 1.54) is 0 Å². The Morgan fingerprint density at radius 2 is 2.00 bits per heavy atom. The molecule has 0 aliphatic carbocycles. The topological polar surface area (TPSA) is 37.8 Å². The maximum atomic E-state index is 4.28. The Labute approximate surface area is 89.7 Å². The summed E-state index contributed by atoms with van der Waals surface area (Å²) in [7, 11) is 1.92. The highest BCUT2D eigenvalue weighted by atomic mass is 32.2. The van der Waals surface area contributed by atoms with Crippen molar-refractivity contribution in [2.45, 2.75) is 25.5 Å². The second-order valence-corrected chi connectivity index (χ2v) is 4.60. The van der Waals surface area contributed by atoms with Gasteiger partial charge in [0.25, 0.3) is 0 Å². The van der Waals surface area contributed by atoms with Crippen molar-refractivity contribution in [1.82, 2.24) is 15.3 Å². The van der Waals surface area contributed by atoms with Crippen LogP contribution in [-0.4, -0.2) is 22.8 Å². The van der Waals surface area contributed by atoms with Crippen LogP contribution in [0.4, 0.5) is 0 Å². The normalized spacial score (nSPS) is 10.9. The van der Waals surface area contributed by atoms with Gasteiger partial charge in [-0.1, -0.05) is 25.6 Å². The molecule has 1 aromatic heterocycles. The van der Waals surface area contributed by atoms with E-state index >= 15 is 0 Å². The van der Waals surface area contributed by atoms with Crippen LogP contribution in [0.2, 0.25) is 0 Å². The molecule has 0 fully saturated rings. The van der Waals surface area contributed by atoms with Crippen molar-refractivity contribution in [3.05, 3.63) is 18.0 Å². The lowest BCUT2D eigenvalue weighted by Crippen LogP contribution is -2.06. The van der Waals surface area contributed by atoms with Crippen molar-refractivity contribution in [2.75, 3.05) is 12.8 Å². The molecule has 78 valence electrons. The third-order valence-electron chi connectivity index (χ3n) is 1.61. The average molecular weight is 211 g/mol. The summed E-state index contributed by atoms with van der Waals surface area (Å²) < 4.78 is 0. The minimum Gasteiger partial charge on any atom is -0.316 e. The average Bonchev–Trinajstić information content (AvgIpc) is 2.17. The Bertz CT molecular complexity index is 259. The number of thioether (sulfide) groups is 1. The maximum Gasteiger partial charge on any atom is 0.187 e. The van der Waals surface area contributed by atoms with Crippen LogP contribution in [-0.2, 0) is 6.54 Å². The highest BCUT2D eigenvalue weighted by Crippen LogP contribution is 2.15. The van der Waals surface area contributed by atoms with E-state index in [0.29, 0.717) is 5.92 Å². The maximum absolute atomic E-state index is 4.28. The van der Waals surface area contributed by atoms with Gasteiger partial charge in [-0.3, -0.25) is 0 Å². The number of hydrogen-bond acceptors (Lipinski definition) is 4. The second kappa shape index (κ2) is 5.98. The zero-order chi connectivity index (χ0) is 10.4. The van der Waals surface area contributed by atoms with Crippen molar-refractivity contribution in [1.29, 1.82) is 0 Å². The molecular formula is C10H17N3S. The molecule has 3 nitrogen and oxygen atoms in total. The van der Waals surface area contributed by atoms with Crippen LogP contribution in [0.1, 0.15) is 19.4 Å². The van der Waals surface area contributed by atoms with Gasteiger partial charge < -0.3 is 5.32 Å². The molecule has 0 aromatic carbocycles. The van der Waals surface area contributed by atoms with Crippen molar-refractivity contribution in [3.63, 3.8) is 0 Å². The molecule has 14 heavy (non-hydrogen) atoms. The molecule has 1 heterocycles. The predicted octanol–water partition coefficient (Wildman–Crippen LogP) is 1.94. The minimum atomic E-state index is 0.681. The first kappa shape index (κ1) is 11.5. The molecular weight excluding hydrogens is 194 g/mol. The van der Waals surface area contributed by atoms with Gasteiger partial charge in [0.05, 0.1) is 0 Å². The van der Waals surface area contributed by atoms with Crippen LogP contribution in [0.15, 0.2) is 17.6 Å². The van der Waals surface area contributed by atoms with Gasteiger partial charge in [0.2, 0.25) is 0 Å². The van der Waals surface area contributed by atoms with Crippen LogP contribution in [0, 0.1) is 5.92 Å². The highest BCUT2D eigenvalue weighted by molar-refractivity contribution is 7.99. The van der Waals surface area contributed by atoms with Gasteiger partial charge in [-0.05, 0) is 13.0 Å². The van der Waals surface area contributed by atoms with E-state index < -0.39 is 0 Å². The molecule has 0 spiro atoms. The van der Waals surface area contributed by atoms with Gasteiger partial charge in [0.1, 0.15) is 0 Å². The first-order valence-corrected chi connectivity index (χ1v) is 5.79. The molecule has 0 aliphatic heterocycles. The summed E-state index contributed by atoms with van der Waals surface area (Å²) in [5.41, 5.74) is 1.13. The Hall–Kier alpha value is -0.610. The van der Waals surface area contributed by atoms with Crippen LogP contribution >= 0.6 is 11.8 Å². The van der Waals surface area contributed by atoms with E-state index in [0.717, 1.165) is 23.0 Å². The summed E-state index contributed by atoms with van der Waals surface area (Å²) in [4.78, 5) is 8.56. The molecule has 0 radical (unpaired) electrons. The van der Waals surface area contributed by atoms with E-state index in [-0.39, 0.29) is 0 Å². The van der Waals surface area contributed by atoms with Crippen molar-refractivity contribution in [3.8, 4) is 0 Å². The first-order valence-electron chi connectivity index (χ1n) is 4.80. The number of nitrogens with one attached hydrogen (secondary N) is 1. The summed E-state index contributed by atoms with van der Waals surface area (Å²) in [6.07, 6.45) is 3.76. The quantitative estimate of drug-likeness (QED) is 0.596. The number of hydrogen-bond donors (Lipinski definition) is 1. The third kappa shape index (κ3) is 4.07. The molecule has 1 N–H and O–H groups in total. The molecule has 1 aromatic rings. The third-order valence-corrected chi connectivity index (χ3v) is 2.91. The lowest BCUT2D eigenvalue weighted by Gasteiger charge is -2.03. The Kier molecular flexibility index (Phi) is 4.90. The Morgan fingerprint density at radius 3 is 2.50 bits per heavy atom. The first-order chi connectivity index (χ1) is 6.72. The number of nitrogens with zero attached hydrogens (tertiary/aromatic N) is 2. The molecule has 0 amide bonds. The molecule has 0 aliphatic rings. The largest absolute Gasteiger partial charge is 0.316 e. The summed E-state index contributed by atoms with van der Waals surface area (Å²) >= 11 is 1.71. The predicted molar refractivity (Wildman–Crippen MR) is 60.4 cm³/mol. The zero-order valence-corrected chi connectivity index (χ0v) is 9.77. The van der Waals surface area contributed by atoms with E-state index in [9.17, 15) is 0 Å². The van der Waals surface area contributed by atoms with Gasteiger partial charge in [-0.2, -0.15) is 0 Å². The monoisotopic (exact) mass is 211 g/mol. The molecule has 0 atom stereocenters. The summed E-state index contributed by atoms with van der Waals surface area (Å²) in [5, 5.41) is 3.94. The van der Waals surface area contributed by atoms with Gasteiger partial charge in [-0.25, -0.2) is 9.97 Å². The molecule has 0 unspecified atom stereocenters. The van der Waals surface area contributed by atoms with Crippen molar-refractivity contribution < 1.29 is 0 Å². The number of rotatable bonds is 5. The van der Waals surface area contributed by atoms with Gasteiger partial charge >= 0.3 is 0 Å². The molecule has 0 saturated heterocycles. The minimum absolute atomic E-state index is 0.681. The number of aromatic nitrogens is 2. The summed E-state index contributed by atoms with van der Waals surface area (Å²) in [6, 6.07) is 0. The van der Waals surface area contributed by atoms with Crippen LogP contribution in [0.3, 0.4) is 0 Å². The van der Waals surface area contributed by atoms with E-state index in [1.807, 2.05) is 19.4 Å². The fourth-order valence-corrected chi connectivity index (χ4v) is 1.69. The molecule has 4 heteroatoms. The lowest BCUT2D eigenvalue weighted by molar-refractivity contribution is 0.746.